The van der Waals surface area contributed by atoms with E-state index in [-0.39, 0.29) is 30.2 Å². The van der Waals surface area contributed by atoms with Crippen LogP contribution < -0.4 is 16.4 Å². The zero-order chi connectivity index (χ0) is 20.6. The average molecular weight is 395 g/mol. The Kier molecular flexibility index (Phi) is 4.81. The fourth-order valence-corrected chi connectivity index (χ4v) is 3.89. The second kappa shape index (κ2) is 7.31. The standard InChI is InChI=1S/C20H25N7O2/c1-12-3-5-14(6-4-12)22-18-24-15(23-17(21)25-18)11-27-16(28)20(26-19(27)29)9-7-13(2)8-10-20/h3-6,13H,7-11H2,1-2H3,(H,26,29)(H3,21,22,23,24,25). The van der Waals surface area contributed by atoms with E-state index in [1.807, 2.05) is 31.2 Å². The first-order chi connectivity index (χ1) is 13.8. The molecule has 0 radical (unpaired) electrons. The molecule has 1 spiro atoms. The van der Waals surface area contributed by atoms with Crippen molar-refractivity contribution in [1.82, 2.24) is 25.2 Å². The van der Waals surface area contributed by atoms with Gasteiger partial charge in [-0.25, -0.2) is 4.79 Å². The molecule has 1 saturated heterocycles. The molecule has 0 bridgehead atoms. The van der Waals surface area contributed by atoms with Crippen LogP contribution in [0, 0.1) is 12.8 Å². The number of carbonyl (C=O) groups excluding carboxylic acids is 2. The molecule has 2 heterocycles. The number of nitrogens with zero attached hydrogens (tertiary/aromatic N) is 4. The molecule has 1 aromatic heterocycles. The maximum atomic E-state index is 13.0. The minimum Gasteiger partial charge on any atom is -0.368 e. The van der Waals surface area contributed by atoms with Gasteiger partial charge >= 0.3 is 6.03 Å². The van der Waals surface area contributed by atoms with Gasteiger partial charge in [-0.2, -0.15) is 15.0 Å². The molecule has 0 unspecified atom stereocenters. The molecule has 2 fully saturated rings. The van der Waals surface area contributed by atoms with Crippen molar-refractivity contribution in [2.45, 2.75) is 51.6 Å². The monoisotopic (exact) mass is 395 g/mol. The third kappa shape index (κ3) is 3.85. The Labute approximate surface area is 169 Å². The summed E-state index contributed by atoms with van der Waals surface area (Å²) in [4.78, 5) is 39.3. The highest BCUT2D eigenvalue weighted by atomic mass is 16.2. The van der Waals surface area contributed by atoms with Gasteiger partial charge in [0.1, 0.15) is 5.54 Å². The fourth-order valence-electron chi connectivity index (χ4n) is 3.89. The molecule has 1 aliphatic carbocycles. The number of hydrogen-bond acceptors (Lipinski definition) is 7. The minimum atomic E-state index is -0.787. The summed E-state index contributed by atoms with van der Waals surface area (Å²) in [6.07, 6.45) is 3.16. The van der Waals surface area contributed by atoms with Gasteiger partial charge in [-0.3, -0.25) is 9.69 Å². The molecule has 2 aromatic rings. The van der Waals surface area contributed by atoms with Crippen LogP contribution in [-0.2, 0) is 11.3 Å². The van der Waals surface area contributed by atoms with Gasteiger partial charge in [-0.1, -0.05) is 24.6 Å². The number of rotatable bonds is 4. The third-order valence-electron chi connectivity index (χ3n) is 5.68. The van der Waals surface area contributed by atoms with Gasteiger partial charge in [0.15, 0.2) is 5.82 Å². The molecule has 2 aliphatic rings. The smallest absolute Gasteiger partial charge is 0.325 e. The van der Waals surface area contributed by atoms with Gasteiger partial charge < -0.3 is 16.4 Å². The third-order valence-corrected chi connectivity index (χ3v) is 5.68. The first-order valence-electron chi connectivity index (χ1n) is 9.83. The highest BCUT2D eigenvalue weighted by Gasteiger charge is 2.52. The summed E-state index contributed by atoms with van der Waals surface area (Å²) in [7, 11) is 0. The molecule has 29 heavy (non-hydrogen) atoms. The highest BCUT2D eigenvalue weighted by Crippen LogP contribution is 2.36. The molecule has 1 aromatic carbocycles. The van der Waals surface area contributed by atoms with Crippen molar-refractivity contribution in [2.24, 2.45) is 5.92 Å². The van der Waals surface area contributed by atoms with Crippen molar-refractivity contribution in [2.75, 3.05) is 11.1 Å². The Morgan fingerprint density at radius 2 is 1.86 bits per heavy atom. The van der Waals surface area contributed by atoms with Crippen LogP contribution in [0.2, 0.25) is 0 Å². The summed E-state index contributed by atoms with van der Waals surface area (Å²) < 4.78 is 0. The molecule has 1 aliphatic heterocycles. The lowest BCUT2D eigenvalue weighted by Gasteiger charge is -2.33. The maximum Gasteiger partial charge on any atom is 0.325 e. The Balaban J connectivity index is 1.52. The summed E-state index contributed by atoms with van der Waals surface area (Å²) in [5.41, 5.74) is 6.98. The summed E-state index contributed by atoms with van der Waals surface area (Å²) >= 11 is 0. The number of carbonyl (C=O) groups is 2. The number of imide groups is 1. The Morgan fingerprint density at radius 1 is 1.17 bits per heavy atom. The fraction of sp³-hybridized carbons (Fsp3) is 0.450. The number of urea groups is 1. The van der Waals surface area contributed by atoms with Gasteiger partial charge in [-0.05, 0) is 50.7 Å². The Hall–Kier alpha value is -3.23. The second-order valence-corrected chi connectivity index (χ2v) is 8.01. The van der Waals surface area contributed by atoms with E-state index in [0.29, 0.717) is 18.8 Å². The number of nitrogen functional groups attached to an aromatic ring is 1. The predicted octanol–water partition coefficient (Wildman–Crippen LogP) is 2.51. The summed E-state index contributed by atoms with van der Waals surface area (Å²) in [5, 5.41) is 5.98. The number of benzene rings is 1. The van der Waals surface area contributed by atoms with Crippen LogP contribution in [0.3, 0.4) is 0 Å². The largest absolute Gasteiger partial charge is 0.368 e. The predicted molar refractivity (Wildman–Crippen MR) is 108 cm³/mol. The van der Waals surface area contributed by atoms with Gasteiger partial charge in [0.2, 0.25) is 11.9 Å². The van der Waals surface area contributed by atoms with Crippen molar-refractivity contribution in [3.05, 3.63) is 35.7 Å². The van der Waals surface area contributed by atoms with E-state index in [1.165, 1.54) is 4.90 Å². The van der Waals surface area contributed by atoms with Gasteiger partial charge in [0.05, 0.1) is 6.54 Å². The number of nitrogens with two attached hydrogens (primary N) is 1. The van der Waals surface area contributed by atoms with Crippen LogP contribution >= 0.6 is 0 Å². The topological polar surface area (TPSA) is 126 Å². The van der Waals surface area contributed by atoms with E-state index in [2.05, 4.69) is 32.5 Å². The lowest BCUT2D eigenvalue weighted by Crippen LogP contribution is -2.49. The number of amides is 3. The first kappa shape index (κ1) is 19.1. The van der Waals surface area contributed by atoms with E-state index in [9.17, 15) is 9.59 Å². The van der Waals surface area contributed by atoms with E-state index in [1.54, 1.807) is 0 Å². The molecule has 9 nitrogen and oxygen atoms in total. The van der Waals surface area contributed by atoms with Crippen LogP contribution in [0.1, 0.15) is 44.0 Å². The molecule has 4 rings (SSSR count). The van der Waals surface area contributed by atoms with Crippen LogP contribution in [0.5, 0.6) is 0 Å². The molecular weight excluding hydrogens is 370 g/mol. The second-order valence-electron chi connectivity index (χ2n) is 8.01. The highest BCUT2D eigenvalue weighted by molar-refractivity contribution is 6.07. The van der Waals surface area contributed by atoms with Gasteiger partial charge in [-0.15, -0.1) is 0 Å². The minimum absolute atomic E-state index is 0.0258. The van der Waals surface area contributed by atoms with Crippen molar-refractivity contribution < 1.29 is 9.59 Å². The molecule has 9 heteroatoms. The molecule has 152 valence electrons. The molecular formula is C20H25N7O2. The lowest BCUT2D eigenvalue weighted by atomic mass is 9.77. The molecule has 0 atom stereocenters. The SMILES string of the molecule is Cc1ccc(Nc2nc(N)nc(CN3C(=O)NC4(CCC(C)CC4)C3=O)n2)cc1. The maximum absolute atomic E-state index is 13.0. The van der Waals surface area contributed by atoms with E-state index < -0.39 is 11.6 Å². The first-order valence-corrected chi connectivity index (χ1v) is 9.83. The molecule has 1 saturated carbocycles. The number of hydrogen-bond donors (Lipinski definition) is 3. The number of aryl methyl sites for hydroxylation is 1. The summed E-state index contributed by atoms with van der Waals surface area (Å²) in [6, 6.07) is 7.33. The normalized spacial score (nSPS) is 24.1. The quantitative estimate of drug-likeness (QED) is 0.679. The van der Waals surface area contributed by atoms with Crippen molar-refractivity contribution in [1.29, 1.82) is 0 Å². The van der Waals surface area contributed by atoms with Crippen LogP contribution in [0.25, 0.3) is 0 Å². The Bertz CT molecular complexity index is 936. The number of aromatic nitrogens is 3. The number of anilines is 3. The zero-order valence-corrected chi connectivity index (χ0v) is 16.6. The van der Waals surface area contributed by atoms with Crippen molar-refractivity contribution in [3.63, 3.8) is 0 Å². The van der Waals surface area contributed by atoms with E-state index >= 15 is 0 Å². The van der Waals surface area contributed by atoms with Gasteiger partial charge in [0.25, 0.3) is 5.91 Å². The average Bonchev–Trinajstić information content (AvgIpc) is 2.90. The van der Waals surface area contributed by atoms with Crippen LogP contribution in [0.4, 0.5) is 22.4 Å². The summed E-state index contributed by atoms with van der Waals surface area (Å²) in [6.45, 7) is 4.12. The van der Waals surface area contributed by atoms with E-state index in [4.69, 9.17) is 5.73 Å². The number of nitrogens with one attached hydrogen (secondary N) is 2. The Morgan fingerprint density at radius 3 is 2.55 bits per heavy atom. The zero-order valence-electron chi connectivity index (χ0n) is 16.6. The molecule has 3 amide bonds. The van der Waals surface area contributed by atoms with Crippen molar-refractivity contribution in [3.8, 4) is 0 Å². The molecule has 4 N–H and O–H groups in total. The van der Waals surface area contributed by atoms with E-state index in [0.717, 1.165) is 24.1 Å². The van der Waals surface area contributed by atoms with Crippen LogP contribution in [0.15, 0.2) is 24.3 Å². The van der Waals surface area contributed by atoms with Crippen LogP contribution in [-0.4, -0.2) is 37.3 Å². The van der Waals surface area contributed by atoms with Crippen molar-refractivity contribution >= 4 is 29.5 Å². The van der Waals surface area contributed by atoms with Gasteiger partial charge in [0, 0.05) is 5.69 Å². The lowest BCUT2D eigenvalue weighted by molar-refractivity contribution is -0.133. The summed E-state index contributed by atoms with van der Waals surface area (Å²) in [5.74, 6) is 0.916.